The van der Waals surface area contributed by atoms with E-state index in [9.17, 15) is 22.4 Å². The zero-order valence-electron chi connectivity index (χ0n) is 16.8. The average Bonchev–Trinajstić information content (AvgIpc) is 3.18. The molecule has 0 spiro atoms. The van der Waals surface area contributed by atoms with E-state index in [-0.39, 0.29) is 18.5 Å². The lowest BCUT2D eigenvalue weighted by Gasteiger charge is -2.41. The molecule has 12 heteroatoms. The van der Waals surface area contributed by atoms with Gasteiger partial charge in [-0.1, -0.05) is 0 Å². The molecule has 3 aromatic rings. The maximum absolute atomic E-state index is 13.5. The molecular formula is C20H19F4N7O. The summed E-state index contributed by atoms with van der Waals surface area (Å²) in [5.74, 6) is -3.81. The quantitative estimate of drug-likeness (QED) is 0.619. The highest BCUT2D eigenvalue weighted by Gasteiger charge is 2.64. The van der Waals surface area contributed by atoms with Gasteiger partial charge in [0.1, 0.15) is 23.7 Å². The van der Waals surface area contributed by atoms with Gasteiger partial charge in [0.05, 0.1) is 17.3 Å². The molecule has 1 amide bonds. The van der Waals surface area contributed by atoms with Crippen molar-refractivity contribution in [2.24, 2.45) is 5.92 Å². The Morgan fingerprint density at radius 1 is 1.19 bits per heavy atom. The third-order valence-corrected chi connectivity index (χ3v) is 6.68. The predicted octanol–water partition coefficient (Wildman–Crippen LogP) is 3.05. The summed E-state index contributed by atoms with van der Waals surface area (Å²) < 4.78 is 53.2. The van der Waals surface area contributed by atoms with Crippen LogP contribution in [0.5, 0.6) is 0 Å². The molecule has 2 unspecified atom stereocenters. The number of carbonyl (C=O) groups is 1. The highest BCUT2D eigenvalue weighted by Crippen LogP contribution is 2.51. The van der Waals surface area contributed by atoms with E-state index in [4.69, 9.17) is 0 Å². The topological polar surface area (TPSA) is 82.9 Å². The van der Waals surface area contributed by atoms with Crippen molar-refractivity contribution in [2.45, 2.75) is 43.8 Å². The van der Waals surface area contributed by atoms with Gasteiger partial charge in [0, 0.05) is 43.4 Å². The van der Waals surface area contributed by atoms with Crippen molar-refractivity contribution in [2.75, 3.05) is 18.0 Å². The molecule has 3 aliphatic rings. The average molecular weight is 449 g/mol. The van der Waals surface area contributed by atoms with E-state index in [1.54, 1.807) is 11.0 Å². The Hall–Kier alpha value is -3.18. The van der Waals surface area contributed by atoms with Crippen molar-refractivity contribution in [3.8, 4) is 11.3 Å². The third-order valence-electron chi connectivity index (χ3n) is 6.68. The second-order valence-corrected chi connectivity index (χ2v) is 8.68. The van der Waals surface area contributed by atoms with Gasteiger partial charge in [-0.15, -0.1) is 0 Å². The van der Waals surface area contributed by atoms with Crippen LogP contribution in [-0.4, -0.2) is 66.6 Å². The van der Waals surface area contributed by atoms with Gasteiger partial charge in [-0.2, -0.15) is 13.9 Å². The standard InChI is InChI=1S/C20H19F4N7O/c21-19(22)30-6-10(5-27-30)15-3-13-16(28-15)25-9-26-17(13)29-7-11-1-2-12(8-29)31(11)18(32)14-4-20(14,23)24/h3,5-6,9,11-12,14,19H,1-2,4,7-8H2,(H,25,26,28)/t11?,12?,14-/m0/s1. The maximum Gasteiger partial charge on any atom is 0.333 e. The molecule has 8 nitrogen and oxygen atoms in total. The van der Waals surface area contributed by atoms with Crippen LogP contribution in [0.4, 0.5) is 23.4 Å². The number of rotatable bonds is 4. The summed E-state index contributed by atoms with van der Waals surface area (Å²) in [6.45, 7) is -1.74. The van der Waals surface area contributed by atoms with Crippen LogP contribution in [0.3, 0.4) is 0 Å². The molecule has 2 saturated heterocycles. The highest BCUT2D eigenvalue weighted by molar-refractivity contribution is 5.92. The molecule has 6 rings (SSSR count). The lowest BCUT2D eigenvalue weighted by atomic mass is 10.1. The molecule has 3 atom stereocenters. The molecule has 0 radical (unpaired) electrons. The van der Waals surface area contributed by atoms with Gasteiger partial charge in [0.15, 0.2) is 0 Å². The number of alkyl halides is 4. The molecule has 5 heterocycles. The SMILES string of the molecule is O=C([C@@H]1CC1(F)F)N1C2CCC1CN(c1ncnc3[nH]c(-c4cnn(C(F)F)c4)cc13)C2. The normalized spacial score (nSPS) is 26.3. The molecular weight excluding hydrogens is 430 g/mol. The van der Waals surface area contributed by atoms with Crippen LogP contribution in [0.1, 0.15) is 25.8 Å². The molecule has 2 aliphatic heterocycles. The van der Waals surface area contributed by atoms with Crippen molar-refractivity contribution < 1.29 is 22.4 Å². The van der Waals surface area contributed by atoms with Crippen molar-refractivity contribution in [3.63, 3.8) is 0 Å². The minimum Gasteiger partial charge on any atom is -0.352 e. The number of fused-ring (bicyclic) bond motifs is 3. The second kappa shape index (κ2) is 6.66. The van der Waals surface area contributed by atoms with Gasteiger partial charge in [-0.25, -0.2) is 23.4 Å². The summed E-state index contributed by atoms with van der Waals surface area (Å²) in [4.78, 5) is 28.2. The number of halogens is 4. The van der Waals surface area contributed by atoms with E-state index in [1.165, 1.54) is 18.7 Å². The first-order valence-electron chi connectivity index (χ1n) is 10.4. The summed E-state index contributed by atoms with van der Waals surface area (Å²) in [6.07, 6.45) is 5.20. The van der Waals surface area contributed by atoms with Gasteiger partial charge in [0.25, 0.3) is 5.92 Å². The number of nitrogens with one attached hydrogen (secondary N) is 1. The fourth-order valence-electron chi connectivity index (χ4n) is 5.02. The summed E-state index contributed by atoms with van der Waals surface area (Å²) in [5, 5.41) is 4.39. The first-order valence-corrected chi connectivity index (χ1v) is 10.4. The van der Waals surface area contributed by atoms with Crippen molar-refractivity contribution in [3.05, 3.63) is 24.8 Å². The Bertz CT molecular complexity index is 1190. The Labute approximate surface area is 179 Å². The van der Waals surface area contributed by atoms with Crippen LogP contribution in [0.2, 0.25) is 0 Å². The van der Waals surface area contributed by atoms with Crippen LogP contribution >= 0.6 is 0 Å². The number of aromatic nitrogens is 5. The number of nitrogens with zero attached hydrogens (tertiary/aromatic N) is 6. The van der Waals surface area contributed by atoms with Crippen LogP contribution in [0.15, 0.2) is 24.8 Å². The minimum atomic E-state index is -2.87. The summed E-state index contributed by atoms with van der Waals surface area (Å²) >= 11 is 0. The third kappa shape index (κ3) is 2.95. The molecule has 3 aromatic heterocycles. The van der Waals surface area contributed by atoms with E-state index in [0.717, 1.165) is 18.2 Å². The number of piperazine rings is 1. The Morgan fingerprint density at radius 3 is 2.53 bits per heavy atom. The summed E-state index contributed by atoms with van der Waals surface area (Å²) in [5.41, 5.74) is 1.63. The molecule has 2 bridgehead atoms. The van der Waals surface area contributed by atoms with Gasteiger partial charge in [-0.3, -0.25) is 4.79 Å². The zero-order valence-corrected chi connectivity index (χ0v) is 16.8. The maximum atomic E-state index is 13.5. The number of H-pyrrole nitrogens is 1. The van der Waals surface area contributed by atoms with E-state index >= 15 is 0 Å². The Kier molecular flexibility index (Phi) is 4.06. The fraction of sp³-hybridized carbons (Fsp3) is 0.500. The monoisotopic (exact) mass is 449 g/mol. The molecule has 3 fully saturated rings. The minimum absolute atomic E-state index is 0.134. The zero-order chi connectivity index (χ0) is 22.2. The van der Waals surface area contributed by atoms with Crippen LogP contribution < -0.4 is 4.90 Å². The molecule has 168 valence electrons. The Balaban J connectivity index is 1.28. The molecule has 32 heavy (non-hydrogen) atoms. The number of hydrogen-bond donors (Lipinski definition) is 1. The lowest BCUT2D eigenvalue weighted by Crippen LogP contribution is -2.56. The van der Waals surface area contributed by atoms with Crippen LogP contribution in [0.25, 0.3) is 22.3 Å². The fourth-order valence-corrected chi connectivity index (χ4v) is 5.02. The summed E-state index contributed by atoms with van der Waals surface area (Å²) in [6, 6.07) is 1.53. The largest absolute Gasteiger partial charge is 0.352 e. The lowest BCUT2D eigenvalue weighted by molar-refractivity contribution is -0.138. The summed E-state index contributed by atoms with van der Waals surface area (Å²) in [7, 11) is 0. The smallest absolute Gasteiger partial charge is 0.333 e. The van der Waals surface area contributed by atoms with Crippen molar-refractivity contribution >= 4 is 22.8 Å². The van der Waals surface area contributed by atoms with Gasteiger partial charge in [-0.05, 0) is 18.9 Å². The predicted molar refractivity (Wildman–Crippen MR) is 105 cm³/mol. The molecule has 1 aliphatic carbocycles. The van der Waals surface area contributed by atoms with E-state index < -0.39 is 24.3 Å². The molecule has 1 saturated carbocycles. The first-order chi connectivity index (χ1) is 15.3. The van der Waals surface area contributed by atoms with Crippen molar-refractivity contribution in [1.82, 2.24) is 29.6 Å². The number of aromatic amines is 1. The number of amides is 1. The van der Waals surface area contributed by atoms with Crippen LogP contribution in [-0.2, 0) is 4.79 Å². The first kappa shape index (κ1) is 19.5. The van der Waals surface area contributed by atoms with Crippen molar-refractivity contribution in [1.29, 1.82) is 0 Å². The number of anilines is 1. The molecule has 0 aromatic carbocycles. The second-order valence-electron chi connectivity index (χ2n) is 8.68. The Morgan fingerprint density at radius 2 is 1.91 bits per heavy atom. The molecule has 1 N–H and O–H groups in total. The van der Waals surface area contributed by atoms with E-state index in [0.29, 0.717) is 40.5 Å². The van der Waals surface area contributed by atoms with Gasteiger partial charge >= 0.3 is 6.55 Å². The van der Waals surface area contributed by atoms with E-state index in [1.807, 2.05) is 0 Å². The van der Waals surface area contributed by atoms with Gasteiger partial charge in [0.2, 0.25) is 5.91 Å². The number of carbonyl (C=O) groups excluding carboxylic acids is 1. The van der Waals surface area contributed by atoms with Crippen LogP contribution in [0, 0.1) is 5.92 Å². The van der Waals surface area contributed by atoms with Gasteiger partial charge < -0.3 is 14.8 Å². The highest BCUT2D eigenvalue weighted by atomic mass is 19.3. The number of hydrogen-bond acceptors (Lipinski definition) is 5. The van der Waals surface area contributed by atoms with E-state index in [2.05, 4.69) is 25.0 Å².